The predicted molar refractivity (Wildman–Crippen MR) is 211 cm³/mol. The van der Waals surface area contributed by atoms with Crippen molar-refractivity contribution in [2.45, 2.75) is 12.4 Å². The number of para-hydroxylation sites is 1. The van der Waals surface area contributed by atoms with Gasteiger partial charge in [-0.2, -0.15) is 26.3 Å². The van der Waals surface area contributed by atoms with Crippen molar-refractivity contribution in [2.75, 3.05) is 0 Å². The molecule has 0 saturated carbocycles. The number of nitrogens with zero attached hydrogens (tertiary/aromatic N) is 4. The molecule has 0 radical (unpaired) electrons. The van der Waals surface area contributed by atoms with Gasteiger partial charge in [0.15, 0.2) is 17.5 Å². The molecule has 0 bridgehead atoms. The first-order chi connectivity index (χ1) is 27.9. The van der Waals surface area contributed by atoms with Gasteiger partial charge in [-0.15, -0.1) is 0 Å². The minimum Gasteiger partial charge on any atom is -0.309 e. The summed E-state index contributed by atoms with van der Waals surface area (Å²) in [6.45, 7) is 0. The highest BCUT2D eigenvalue weighted by atomic mass is 19.4. The molecule has 0 spiro atoms. The molecule has 0 fully saturated rings. The van der Waals surface area contributed by atoms with Crippen molar-refractivity contribution >= 4 is 21.8 Å². The summed E-state index contributed by atoms with van der Waals surface area (Å²) in [5.74, 6) is 0.785. The van der Waals surface area contributed by atoms with E-state index in [2.05, 4.69) is 0 Å². The summed E-state index contributed by atoms with van der Waals surface area (Å²) >= 11 is 0. The van der Waals surface area contributed by atoms with E-state index in [1.54, 1.807) is 24.3 Å². The van der Waals surface area contributed by atoms with Crippen molar-refractivity contribution in [2.24, 2.45) is 0 Å². The topological polar surface area (TPSA) is 43.6 Å². The van der Waals surface area contributed by atoms with Crippen molar-refractivity contribution in [3.63, 3.8) is 0 Å². The van der Waals surface area contributed by atoms with Crippen molar-refractivity contribution in [3.8, 4) is 62.1 Å². The van der Waals surface area contributed by atoms with Gasteiger partial charge in [0.05, 0.1) is 27.8 Å². The van der Waals surface area contributed by atoms with Gasteiger partial charge in [-0.3, -0.25) is 0 Å². The Morgan fingerprint density at radius 1 is 0.397 bits per heavy atom. The third-order valence-corrected chi connectivity index (χ3v) is 9.99. The molecule has 284 valence electrons. The van der Waals surface area contributed by atoms with Crippen molar-refractivity contribution in [1.29, 1.82) is 0 Å². The van der Waals surface area contributed by atoms with Crippen LogP contribution in [0.1, 0.15) is 11.1 Å². The summed E-state index contributed by atoms with van der Waals surface area (Å²) in [5.41, 5.74) is 2.03. The van der Waals surface area contributed by atoms with Gasteiger partial charge in [-0.05, 0) is 59.2 Å². The fourth-order valence-corrected chi connectivity index (χ4v) is 7.27. The van der Waals surface area contributed by atoms with Gasteiger partial charge in [-0.1, -0.05) is 121 Å². The molecule has 7 aromatic carbocycles. The number of benzene rings is 7. The Morgan fingerprint density at radius 3 is 1.55 bits per heavy atom. The van der Waals surface area contributed by atoms with Crippen molar-refractivity contribution < 1.29 is 30.7 Å². The lowest BCUT2D eigenvalue weighted by molar-refractivity contribution is -0.142. The second kappa shape index (κ2) is 14.1. The third-order valence-electron chi connectivity index (χ3n) is 9.99. The molecule has 9 rings (SSSR count). The molecule has 9 aromatic rings. The predicted octanol–water partition coefficient (Wildman–Crippen LogP) is 13.5. The lowest BCUT2D eigenvalue weighted by Crippen LogP contribution is -2.12. The maximum absolute atomic E-state index is 14.5. The van der Waals surface area contributed by atoms with Gasteiger partial charge < -0.3 is 4.57 Å². The first-order valence-electron chi connectivity index (χ1n) is 18.0. The van der Waals surface area contributed by atoms with Crippen molar-refractivity contribution in [1.82, 2.24) is 19.5 Å². The van der Waals surface area contributed by atoms with Crippen LogP contribution in [0, 0.1) is 5.82 Å². The standard InChI is InChI=1S/C47H27F7N4/c48-34-20-15-28(16-21-34)36-22-18-32(45-56-43(29-9-3-1-4-10-29)55-44(57-45)30-11-5-2-6-12-30)26-41(36)58-40-14-8-7-13-37(40)38-23-17-31(25-42(38)58)35-24-19-33(46(49,50)51)27-39(35)47(52,53)54/h1-27H. The van der Waals surface area contributed by atoms with Gasteiger partial charge in [0.25, 0.3) is 0 Å². The zero-order valence-electron chi connectivity index (χ0n) is 30.0. The van der Waals surface area contributed by atoms with Crippen LogP contribution in [0.3, 0.4) is 0 Å². The molecule has 0 saturated heterocycles. The highest BCUT2D eigenvalue weighted by Gasteiger charge is 2.38. The molecule has 0 aliphatic heterocycles. The van der Waals surface area contributed by atoms with Crippen LogP contribution in [0.25, 0.3) is 83.9 Å². The fraction of sp³-hybridized carbons (Fsp3) is 0.0426. The number of fused-ring (bicyclic) bond motifs is 3. The van der Waals surface area contributed by atoms with Crippen LogP contribution < -0.4 is 0 Å². The molecule has 2 heterocycles. The molecule has 0 unspecified atom stereocenters. The van der Waals surface area contributed by atoms with E-state index >= 15 is 0 Å². The van der Waals surface area contributed by atoms with E-state index in [-0.39, 0.29) is 11.6 Å². The average Bonchev–Trinajstić information content (AvgIpc) is 3.57. The van der Waals surface area contributed by atoms with Gasteiger partial charge in [0, 0.05) is 33.0 Å². The molecule has 4 nitrogen and oxygen atoms in total. The molecule has 11 heteroatoms. The van der Waals surface area contributed by atoms with E-state index in [9.17, 15) is 30.7 Å². The largest absolute Gasteiger partial charge is 0.417 e. The lowest BCUT2D eigenvalue weighted by atomic mass is 9.96. The number of alkyl halides is 6. The van der Waals surface area contributed by atoms with Gasteiger partial charge in [0.1, 0.15) is 5.82 Å². The van der Waals surface area contributed by atoms with Crippen LogP contribution in [0.15, 0.2) is 164 Å². The Balaban J connectivity index is 1.32. The SMILES string of the molecule is Fc1ccc(-c2ccc(-c3nc(-c4ccccc4)nc(-c4ccccc4)n3)cc2-n2c3ccccc3c3ccc(-c4ccc(C(F)(F)F)cc4C(F)(F)F)cc32)cc1. The normalized spacial score (nSPS) is 12.1. The van der Waals surface area contributed by atoms with Gasteiger partial charge in [0.2, 0.25) is 0 Å². The minimum atomic E-state index is -5.08. The smallest absolute Gasteiger partial charge is 0.309 e. The number of halogens is 7. The van der Waals surface area contributed by atoms with Crippen LogP contribution in [-0.2, 0) is 12.4 Å². The Bertz CT molecular complexity index is 2920. The van der Waals surface area contributed by atoms with Gasteiger partial charge >= 0.3 is 12.4 Å². The Morgan fingerprint density at radius 2 is 0.931 bits per heavy atom. The summed E-state index contributed by atoms with van der Waals surface area (Å²) in [6.07, 6.45) is -10.1. The minimum absolute atomic E-state index is 0.0644. The molecular weight excluding hydrogens is 754 g/mol. The molecule has 0 aliphatic rings. The van der Waals surface area contributed by atoms with E-state index in [4.69, 9.17) is 15.0 Å². The van der Waals surface area contributed by atoms with E-state index < -0.39 is 34.9 Å². The molecule has 0 N–H and O–H groups in total. The Labute approximate surface area is 326 Å². The van der Waals surface area contributed by atoms with E-state index in [1.165, 1.54) is 18.2 Å². The highest BCUT2D eigenvalue weighted by Crippen LogP contribution is 2.44. The van der Waals surface area contributed by atoms with Crippen molar-refractivity contribution in [3.05, 3.63) is 181 Å². The first-order valence-corrected chi connectivity index (χ1v) is 18.0. The zero-order chi connectivity index (χ0) is 40.2. The van der Waals surface area contributed by atoms with Crippen LogP contribution >= 0.6 is 0 Å². The number of hydrogen-bond donors (Lipinski definition) is 0. The molecule has 0 atom stereocenters. The first kappa shape index (κ1) is 36.5. The van der Waals surface area contributed by atoms with E-state index in [1.807, 2.05) is 108 Å². The zero-order valence-corrected chi connectivity index (χ0v) is 30.0. The lowest BCUT2D eigenvalue weighted by Gasteiger charge is -2.18. The highest BCUT2D eigenvalue weighted by molar-refractivity contribution is 6.11. The molecule has 58 heavy (non-hydrogen) atoms. The Hall–Kier alpha value is -7.14. The Kier molecular flexibility index (Phi) is 8.88. The quantitative estimate of drug-likeness (QED) is 0.158. The second-order valence-electron chi connectivity index (χ2n) is 13.6. The summed E-state index contributed by atoms with van der Waals surface area (Å²) < 4.78 is 100. The summed E-state index contributed by atoms with van der Waals surface area (Å²) in [4.78, 5) is 14.6. The molecular formula is C47H27F7N4. The third kappa shape index (κ3) is 6.74. The molecule has 2 aromatic heterocycles. The summed E-state index contributed by atoms with van der Waals surface area (Å²) in [5, 5.41) is 1.47. The van der Waals surface area contributed by atoms with Crippen LogP contribution in [0.5, 0.6) is 0 Å². The monoisotopic (exact) mass is 780 g/mol. The maximum atomic E-state index is 14.5. The molecule has 0 amide bonds. The van der Waals surface area contributed by atoms with Gasteiger partial charge in [-0.25, -0.2) is 19.3 Å². The second-order valence-corrected chi connectivity index (χ2v) is 13.6. The van der Waals surface area contributed by atoms with Crippen LogP contribution in [-0.4, -0.2) is 19.5 Å². The van der Waals surface area contributed by atoms with Crippen LogP contribution in [0.2, 0.25) is 0 Å². The number of hydrogen-bond acceptors (Lipinski definition) is 3. The van der Waals surface area contributed by atoms with Crippen LogP contribution in [0.4, 0.5) is 30.7 Å². The maximum Gasteiger partial charge on any atom is 0.417 e. The average molecular weight is 781 g/mol. The van der Waals surface area contributed by atoms with E-state index in [0.29, 0.717) is 62.3 Å². The fourth-order valence-electron chi connectivity index (χ4n) is 7.27. The summed E-state index contributed by atoms with van der Waals surface area (Å²) in [7, 11) is 0. The number of aromatic nitrogens is 4. The number of rotatable bonds is 6. The van der Waals surface area contributed by atoms with E-state index in [0.717, 1.165) is 22.6 Å². The summed E-state index contributed by atoms with van der Waals surface area (Å²) in [6, 6.07) is 44.2. The molecule has 0 aliphatic carbocycles.